The first-order valence-electron chi connectivity index (χ1n) is 7.43. The van der Waals surface area contributed by atoms with Crippen molar-refractivity contribution in [3.63, 3.8) is 0 Å². The molecule has 0 spiro atoms. The van der Waals surface area contributed by atoms with E-state index in [9.17, 15) is 4.79 Å². The second-order valence-electron chi connectivity index (χ2n) is 5.84. The molecule has 1 atom stereocenters. The summed E-state index contributed by atoms with van der Waals surface area (Å²) in [6.45, 7) is 8.25. The van der Waals surface area contributed by atoms with Crippen molar-refractivity contribution in [3.05, 3.63) is 29.3 Å². The highest BCUT2D eigenvalue weighted by molar-refractivity contribution is 5.96. The molecule has 1 amide bonds. The zero-order chi connectivity index (χ0) is 14.5. The molecule has 1 heterocycles. The van der Waals surface area contributed by atoms with Crippen LogP contribution in [0.3, 0.4) is 0 Å². The average molecular weight is 275 g/mol. The molecule has 4 nitrogen and oxygen atoms in total. The number of carbonyl (C=O) groups excluding carboxylic acids is 1. The smallest absolute Gasteiger partial charge is 0.251 e. The molecule has 0 radical (unpaired) electrons. The predicted molar refractivity (Wildman–Crippen MR) is 82.8 cm³/mol. The SMILES string of the molecule is Cc1c(N)cccc1C(=O)NCC(C)CN1CCCC1. The summed E-state index contributed by atoms with van der Waals surface area (Å²) in [6, 6.07) is 5.47. The predicted octanol–water partition coefficient (Wildman–Crippen LogP) is 2.04. The minimum atomic E-state index is -0.0249. The number of hydrogen-bond donors (Lipinski definition) is 2. The number of nitrogens with zero attached hydrogens (tertiary/aromatic N) is 1. The van der Waals surface area contributed by atoms with Crippen LogP contribution in [0.25, 0.3) is 0 Å². The first kappa shape index (κ1) is 14.9. The highest BCUT2D eigenvalue weighted by Gasteiger charge is 2.16. The van der Waals surface area contributed by atoms with E-state index in [1.54, 1.807) is 0 Å². The second-order valence-corrected chi connectivity index (χ2v) is 5.84. The van der Waals surface area contributed by atoms with Crippen molar-refractivity contribution >= 4 is 11.6 Å². The standard InChI is InChI=1S/C16H25N3O/c1-12(11-19-8-3-4-9-19)10-18-16(20)14-6-5-7-15(17)13(14)2/h5-7,12H,3-4,8-11,17H2,1-2H3,(H,18,20). The quantitative estimate of drug-likeness (QED) is 0.809. The highest BCUT2D eigenvalue weighted by Crippen LogP contribution is 2.15. The number of amides is 1. The highest BCUT2D eigenvalue weighted by atomic mass is 16.1. The fourth-order valence-electron chi connectivity index (χ4n) is 2.73. The number of likely N-dealkylation sites (tertiary alicyclic amines) is 1. The molecule has 3 N–H and O–H groups in total. The van der Waals surface area contributed by atoms with Crippen LogP contribution >= 0.6 is 0 Å². The largest absolute Gasteiger partial charge is 0.398 e. The maximum atomic E-state index is 12.2. The summed E-state index contributed by atoms with van der Waals surface area (Å²) in [5, 5.41) is 3.02. The second kappa shape index (κ2) is 6.75. The van der Waals surface area contributed by atoms with Crippen LogP contribution < -0.4 is 11.1 Å². The number of anilines is 1. The maximum absolute atomic E-state index is 12.2. The average Bonchev–Trinajstić information content (AvgIpc) is 2.92. The lowest BCUT2D eigenvalue weighted by Gasteiger charge is -2.20. The Morgan fingerprint density at radius 3 is 2.80 bits per heavy atom. The van der Waals surface area contributed by atoms with Gasteiger partial charge in [0.2, 0.25) is 0 Å². The van der Waals surface area contributed by atoms with Gasteiger partial charge in [-0.3, -0.25) is 4.79 Å². The molecular weight excluding hydrogens is 250 g/mol. The Kier molecular flexibility index (Phi) is 5.01. The third-order valence-corrected chi connectivity index (χ3v) is 4.00. The van der Waals surface area contributed by atoms with Crippen LogP contribution in [-0.4, -0.2) is 37.0 Å². The Morgan fingerprint density at radius 2 is 2.10 bits per heavy atom. The van der Waals surface area contributed by atoms with Crippen molar-refractivity contribution < 1.29 is 4.79 Å². The number of rotatable bonds is 5. The van der Waals surface area contributed by atoms with Gasteiger partial charge >= 0.3 is 0 Å². The summed E-state index contributed by atoms with van der Waals surface area (Å²) in [6.07, 6.45) is 2.61. The number of nitrogens with two attached hydrogens (primary N) is 1. The Balaban J connectivity index is 1.83. The zero-order valence-corrected chi connectivity index (χ0v) is 12.5. The first-order chi connectivity index (χ1) is 9.58. The van der Waals surface area contributed by atoms with Crippen molar-refractivity contribution in [1.82, 2.24) is 10.2 Å². The normalized spacial score (nSPS) is 17.1. The van der Waals surface area contributed by atoms with E-state index in [0.29, 0.717) is 23.7 Å². The molecule has 1 aliphatic rings. The van der Waals surface area contributed by atoms with Crippen LogP contribution in [0.1, 0.15) is 35.7 Å². The Bertz CT molecular complexity index is 467. The van der Waals surface area contributed by atoms with Crippen LogP contribution in [0.4, 0.5) is 5.69 Å². The summed E-state index contributed by atoms with van der Waals surface area (Å²) in [5.74, 6) is 0.446. The number of nitrogens with one attached hydrogen (secondary N) is 1. The first-order valence-corrected chi connectivity index (χ1v) is 7.43. The molecule has 1 fully saturated rings. The summed E-state index contributed by atoms with van der Waals surface area (Å²) in [7, 11) is 0. The maximum Gasteiger partial charge on any atom is 0.251 e. The molecular formula is C16H25N3O. The summed E-state index contributed by atoms with van der Waals surface area (Å²) < 4.78 is 0. The summed E-state index contributed by atoms with van der Waals surface area (Å²) in [5.41, 5.74) is 8.04. The van der Waals surface area contributed by atoms with Crippen LogP contribution in [0.15, 0.2) is 18.2 Å². The van der Waals surface area contributed by atoms with Gasteiger partial charge in [-0.05, 0) is 56.5 Å². The molecule has 0 aliphatic carbocycles. The van der Waals surface area contributed by atoms with Crippen molar-refractivity contribution in [2.45, 2.75) is 26.7 Å². The van der Waals surface area contributed by atoms with Gasteiger partial charge in [-0.25, -0.2) is 0 Å². The number of nitrogen functional groups attached to an aromatic ring is 1. The third kappa shape index (κ3) is 3.73. The summed E-state index contributed by atoms with van der Waals surface area (Å²) >= 11 is 0. The van der Waals surface area contributed by atoms with Crippen molar-refractivity contribution in [3.8, 4) is 0 Å². The fourth-order valence-corrected chi connectivity index (χ4v) is 2.73. The minimum Gasteiger partial charge on any atom is -0.398 e. The monoisotopic (exact) mass is 275 g/mol. The van der Waals surface area contributed by atoms with E-state index < -0.39 is 0 Å². The molecule has 1 aromatic carbocycles. The molecule has 0 bridgehead atoms. The van der Waals surface area contributed by atoms with Crippen LogP contribution in [0.5, 0.6) is 0 Å². The van der Waals surface area contributed by atoms with Gasteiger partial charge in [0, 0.05) is 24.3 Å². The molecule has 1 aromatic rings. The molecule has 2 rings (SSSR count). The van der Waals surface area contributed by atoms with Crippen molar-refractivity contribution in [2.75, 3.05) is 31.9 Å². The zero-order valence-electron chi connectivity index (χ0n) is 12.5. The van der Waals surface area contributed by atoms with E-state index in [4.69, 9.17) is 5.73 Å². The van der Waals surface area contributed by atoms with E-state index in [1.165, 1.54) is 25.9 Å². The Hall–Kier alpha value is -1.55. The van der Waals surface area contributed by atoms with Gasteiger partial charge < -0.3 is 16.0 Å². The van der Waals surface area contributed by atoms with Crippen molar-refractivity contribution in [2.24, 2.45) is 5.92 Å². The van der Waals surface area contributed by atoms with E-state index in [1.807, 2.05) is 25.1 Å². The number of carbonyl (C=O) groups is 1. The van der Waals surface area contributed by atoms with Crippen LogP contribution in [-0.2, 0) is 0 Å². The minimum absolute atomic E-state index is 0.0249. The molecule has 0 saturated carbocycles. The third-order valence-electron chi connectivity index (χ3n) is 4.00. The summed E-state index contributed by atoms with van der Waals surface area (Å²) in [4.78, 5) is 14.7. The fraction of sp³-hybridized carbons (Fsp3) is 0.562. The Labute approximate surface area is 121 Å². The van der Waals surface area contributed by atoms with Crippen LogP contribution in [0.2, 0.25) is 0 Å². The topological polar surface area (TPSA) is 58.4 Å². The van der Waals surface area contributed by atoms with E-state index in [-0.39, 0.29) is 5.91 Å². The lowest BCUT2D eigenvalue weighted by atomic mass is 10.1. The van der Waals surface area contributed by atoms with Crippen LogP contribution in [0, 0.1) is 12.8 Å². The molecule has 1 aliphatic heterocycles. The van der Waals surface area contributed by atoms with Crippen molar-refractivity contribution in [1.29, 1.82) is 0 Å². The van der Waals surface area contributed by atoms with Gasteiger partial charge in [0.05, 0.1) is 0 Å². The van der Waals surface area contributed by atoms with E-state index >= 15 is 0 Å². The molecule has 4 heteroatoms. The lowest BCUT2D eigenvalue weighted by molar-refractivity contribution is 0.0944. The molecule has 20 heavy (non-hydrogen) atoms. The van der Waals surface area contributed by atoms with Gasteiger partial charge in [-0.1, -0.05) is 13.0 Å². The van der Waals surface area contributed by atoms with Gasteiger partial charge in [-0.2, -0.15) is 0 Å². The van der Waals surface area contributed by atoms with Gasteiger partial charge in [0.25, 0.3) is 5.91 Å². The van der Waals surface area contributed by atoms with E-state index in [2.05, 4.69) is 17.1 Å². The lowest BCUT2D eigenvalue weighted by Crippen LogP contribution is -2.34. The molecule has 1 saturated heterocycles. The van der Waals surface area contributed by atoms with Gasteiger partial charge in [0.15, 0.2) is 0 Å². The van der Waals surface area contributed by atoms with Gasteiger partial charge in [0.1, 0.15) is 0 Å². The Morgan fingerprint density at radius 1 is 1.40 bits per heavy atom. The number of benzene rings is 1. The van der Waals surface area contributed by atoms with E-state index in [0.717, 1.165) is 12.1 Å². The number of hydrogen-bond acceptors (Lipinski definition) is 3. The molecule has 0 aromatic heterocycles. The van der Waals surface area contributed by atoms with Gasteiger partial charge in [-0.15, -0.1) is 0 Å². The molecule has 110 valence electrons. The molecule has 1 unspecified atom stereocenters.